The molecular weight excluding hydrogens is 366 g/mol. The molecular formula is C25H26ClNO. The SMILES string of the molecule is Cc1cccc(N2CCc3ccccc3C2C(C)(C)Oc2ccc(Cl)cc2)c1. The van der Waals surface area contributed by atoms with Gasteiger partial charge in [-0.15, -0.1) is 0 Å². The molecule has 0 amide bonds. The lowest BCUT2D eigenvalue weighted by molar-refractivity contribution is 0.0734. The Labute approximate surface area is 172 Å². The van der Waals surface area contributed by atoms with Gasteiger partial charge in [0.15, 0.2) is 0 Å². The molecule has 1 unspecified atom stereocenters. The molecule has 0 aromatic heterocycles. The summed E-state index contributed by atoms with van der Waals surface area (Å²) in [7, 11) is 0. The number of halogens is 1. The number of aryl methyl sites for hydroxylation is 1. The van der Waals surface area contributed by atoms with Crippen LogP contribution < -0.4 is 9.64 Å². The van der Waals surface area contributed by atoms with Crippen LogP contribution in [0.5, 0.6) is 5.75 Å². The summed E-state index contributed by atoms with van der Waals surface area (Å²) in [6.07, 6.45) is 1.04. The Morgan fingerprint density at radius 1 is 0.964 bits per heavy atom. The Bertz CT molecular complexity index is 964. The van der Waals surface area contributed by atoms with Gasteiger partial charge in [0.2, 0.25) is 0 Å². The summed E-state index contributed by atoms with van der Waals surface area (Å²) < 4.78 is 6.53. The highest BCUT2D eigenvalue weighted by Gasteiger charge is 2.41. The van der Waals surface area contributed by atoms with Crippen molar-refractivity contribution in [2.24, 2.45) is 0 Å². The highest BCUT2D eigenvalue weighted by atomic mass is 35.5. The molecule has 1 aliphatic heterocycles. The zero-order valence-electron chi connectivity index (χ0n) is 16.7. The smallest absolute Gasteiger partial charge is 0.128 e. The van der Waals surface area contributed by atoms with Crippen molar-refractivity contribution in [3.05, 3.63) is 94.5 Å². The van der Waals surface area contributed by atoms with Crippen LogP contribution in [-0.4, -0.2) is 12.1 Å². The van der Waals surface area contributed by atoms with Crippen LogP contribution in [0.4, 0.5) is 5.69 Å². The molecule has 0 bridgehead atoms. The van der Waals surface area contributed by atoms with Gasteiger partial charge < -0.3 is 9.64 Å². The molecule has 4 rings (SSSR count). The van der Waals surface area contributed by atoms with Gasteiger partial charge in [0.25, 0.3) is 0 Å². The average molecular weight is 392 g/mol. The average Bonchev–Trinajstić information content (AvgIpc) is 2.68. The maximum absolute atomic E-state index is 6.53. The third-order valence-corrected chi connectivity index (χ3v) is 5.72. The molecule has 0 saturated heterocycles. The van der Waals surface area contributed by atoms with Gasteiger partial charge >= 0.3 is 0 Å². The third kappa shape index (κ3) is 3.74. The van der Waals surface area contributed by atoms with E-state index in [2.05, 4.69) is 74.2 Å². The summed E-state index contributed by atoms with van der Waals surface area (Å²) in [4.78, 5) is 2.49. The minimum atomic E-state index is -0.436. The highest BCUT2D eigenvalue weighted by molar-refractivity contribution is 6.30. The highest BCUT2D eigenvalue weighted by Crippen LogP contribution is 2.42. The van der Waals surface area contributed by atoms with Crippen molar-refractivity contribution in [3.8, 4) is 5.75 Å². The van der Waals surface area contributed by atoms with Crippen molar-refractivity contribution in [2.45, 2.75) is 38.8 Å². The molecule has 1 heterocycles. The van der Waals surface area contributed by atoms with Crippen molar-refractivity contribution < 1.29 is 4.74 Å². The molecule has 1 aliphatic rings. The Morgan fingerprint density at radius 3 is 2.46 bits per heavy atom. The van der Waals surface area contributed by atoms with E-state index in [-0.39, 0.29) is 6.04 Å². The maximum Gasteiger partial charge on any atom is 0.128 e. The first-order chi connectivity index (χ1) is 13.4. The monoisotopic (exact) mass is 391 g/mol. The van der Waals surface area contributed by atoms with Crippen LogP contribution >= 0.6 is 11.6 Å². The minimum absolute atomic E-state index is 0.106. The molecule has 0 N–H and O–H groups in total. The number of benzene rings is 3. The van der Waals surface area contributed by atoms with Crippen LogP contribution in [0, 0.1) is 6.92 Å². The van der Waals surface area contributed by atoms with Gasteiger partial charge in [-0.25, -0.2) is 0 Å². The summed E-state index contributed by atoms with van der Waals surface area (Å²) in [5, 5.41) is 0.717. The lowest BCUT2D eigenvalue weighted by atomic mass is 9.83. The van der Waals surface area contributed by atoms with E-state index < -0.39 is 5.60 Å². The van der Waals surface area contributed by atoms with Gasteiger partial charge in [-0.05, 0) is 80.3 Å². The number of hydrogen-bond acceptors (Lipinski definition) is 2. The van der Waals surface area contributed by atoms with Crippen LogP contribution in [0.1, 0.15) is 36.6 Å². The number of hydrogen-bond donors (Lipinski definition) is 0. The predicted octanol–water partition coefficient (Wildman–Crippen LogP) is 6.61. The van der Waals surface area contributed by atoms with E-state index in [1.54, 1.807) is 0 Å². The summed E-state index contributed by atoms with van der Waals surface area (Å²) in [5.41, 5.74) is 4.82. The molecule has 0 aliphatic carbocycles. The second kappa shape index (κ2) is 7.52. The number of rotatable bonds is 4. The number of anilines is 1. The summed E-state index contributed by atoms with van der Waals surface area (Å²) in [6.45, 7) is 7.47. The van der Waals surface area contributed by atoms with Crippen LogP contribution in [0.3, 0.4) is 0 Å². The predicted molar refractivity (Wildman–Crippen MR) is 118 cm³/mol. The van der Waals surface area contributed by atoms with E-state index in [1.807, 2.05) is 24.3 Å². The van der Waals surface area contributed by atoms with E-state index >= 15 is 0 Å². The molecule has 3 heteroatoms. The molecule has 0 spiro atoms. The molecule has 0 fully saturated rings. The number of nitrogens with zero attached hydrogens (tertiary/aromatic N) is 1. The van der Waals surface area contributed by atoms with Crippen molar-refractivity contribution in [1.82, 2.24) is 0 Å². The Hall–Kier alpha value is -2.45. The van der Waals surface area contributed by atoms with E-state index in [4.69, 9.17) is 16.3 Å². The van der Waals surface area contributed by atoms with Crippen molar-refractivity contribution in [2.75, 3.05) is 11.4 Å². The first-order valence-electron chi connectivity index (χ1n) is 9.80. The van der Waals surface area contributed by atoms with Crippen molar-refractivity contribution in [1.29, 1.82) is 0 Å². The van der Waals surface area contributed by atoms with Crippen LogP contribution in [0.2, 0.25) is 5.02 Å². The van der Waals surface area contributed by atoms with Gasteiger partial charge in [0.1, 0.15) is 11.4 Å². The normalized spacial score (nSPS) is 16.6. The third-order valence-electron chi connectivity index (χ3n) is 5.47. The minimum Gasteiger partial charge on any atom is -0.485 e. The molecule has 2 nitrogen and oxygen atoms in total. The van der Waals surface area contributed by atoms with Crippen LogP contribution in [0.15, 0.2) is 72.8 Å². The molecule has 0 radical (unpaired) electrons. The Kier molecular flexibility index (Phi) is 5.07. The quantitative estimate of drug-likeness (QED) is 0.496. The zero-order chi connectivity index (χ0) is 19.7. The molecule has 0 saturated carbocycles. The lowest BCUT2D eigenvalue weighted by Crippen LogP contribution is -2.49. The number of ether oxygens (including phenoxy) is 1. The largest absolute Gasteiger partial charge is 0.485 e. The zero-order valence-corrected chi connectivity index (χ0v) is 17.4. The van der Waals surface area contributed by atoms with Gasteiger partial charge in [0.05, 0.1) is 6.04 Å². The van der Waals surface area contributed by atoms with Gasteiger partial charge in [-0.3, -0.25) is 0 Å². The maximum atomic E-state index is 6.53. The molecule has 3 aromatic carbocycles. The van der Waals surface area contributed by atoms with Crippen molar-refractivity contribution >= 4 is 17.3 Å². The van der Waals surface area contributed by atoms with Crippen molar-refractivity contribution in [3.63, 3.8) is 0 Å². The van der Waals surface area contributed by atoms with E-state index in [9.17, 15) is 0 Å². The molecule has 28 heavy (non-hydrogen) atoms. The fraction of sp³-hybridized carbons (Fsp3) is 0.280. The Balaban J connectivity index is 1.76. The topological polar surface area (TPSA) is 12.5 Å². The van der Waals surface area contributed by atoms with E-state index in [0.29, 0.717) is 0 Å². The first-order valence-corrected chi connectivity index (χ1v) is 10.2. The van der Waals surface area contributed by atoms with Crippen LogP contribution in [0.25, 0.3) is 0 Å². The second-order valence-corrected chi connectivity index (χ2v) is 8.48. The van der Waals surface area contributed by atoms with Gasteiger partial charge in [-0.1, -0.05) is 48.0 Å². The Morgan fingerprint density at radius 2 is 1.71 bits per heavy atom. The van der Waals surface area contributed by atoms with E-state index in [0.717, 1.165) is 23.7 Å². The first kappa shape index (κ1) is 18.9. The van der Waals surface area contributed by atoms with Crippen LogP contribution in [-0.2, 0) is 6.42 Å². The summed E-state index contributed by atoms with van der Waals surface area (Å²) >= 11 is 6.05. The van der Waals surface area contributed by atoms with Gasteiger partial charge in [-0.2, -0.15) is 0 Å². The number of fused-ring (bicyclic) bond motifs is 1. The molecule has 1 atom stereocenters. The summed E-state index contributed by atoms with van der Waals surface area (Å²) in [6, 6.07) is 25.2. The molecule has 144 valence electrons. The van der Waals surface area contributed by atoms with Gasteiger partial charge in [0, 0.05) is 17.3 Å². The molecule has 3 aromatic rings. The fourth-order valence-corrected chi connectivity index (χ4v) is 4.39. The van der Waals surface area contributed by atoms with E-state index in [1.165, 1.54) is 22.4 Å². The second-order valence-electron chi connectivity index (χ2n) is 8.04. The fourth-order valence-electron chi connectivity index (χ4n) is 4.26. The summed E-state index contributed by atoms with van der Waals surface area (Å²) in [5.74, 6) is 0.835. The standard InChI is InChI=1S/C25H26ClNO/c1-18-7-6-9-21(17-18)27-16-15-19-8-4-5-10-23(19)24(27)25(2,3)28-22-13-11-20(26)12-14-22/h4-14,17,24H,15-16H2,1-3H3. The lowest BCUT2D eigenvalue weighted by Gasteiger charge is -2.47.